The highest BCUT2D eigenvalue weighted by Crippen LogP contribution is 2.29. The number of ether oxygens (including phenoxy) is 1. The average Bonchev–Trinajstić information content (AvgIpc) is 3.70. The summed E-state index contributed by atoms with van der Waals surface area (Å²) in [4.78, 5) is 9.58. The first-order valence-electron chi connectivity index (χ1n) is 14.7. The Morgan fingerprint density at radius 1 is 0.773 bits per heavy atom. The van der Waals surface area contributed by atoms with Crippen LogP contribution in [-0.2, 0) is 13.1 Å². The molecule has 1 saturated heterocycles. The molecule has 0 radical (unpaired) electrons. The molecule has 1 fully saturated rings. The molecule has 0 aliphatic carbocycles. The number of pyridine rings is 2. The molecule has 6 aromatic rings. The maximum absolute atomic E-state index is 10.1. The van der Waals surface area contributed by atoms with Gasteiger partial charge in [0.1, 0.15) is 28.9 Å². The number of hydrogen-bond donors (Lipinski definition) is 0. The summed E-state index contributed by atoms with van der Waals surface area (Å²) in [7, 11) is 1.66. The zero-order valence-corrected chi connectivity index (χ0v) is 24.5. The van der Waals surface area contributed by atoms with Gasteiger partial charge < -0.3 is 9.64 Å². The van der Waals surface area contributed by atoms with Gasteiger partial charge in [0.15, 0.2) is 0 Å². The predicted octanol–water partition coefficient (Wildman–Crippen LogP) is 5.51. The molecule has 1 aliphatic heterocycles. The van der Waals surface area contributed by atoms with Gasteiger partial charge in [-0.15, -0.1) is 0 Å². The van der Waals surface area contributed by atoms with Crippen LogP contribution in [-0.4, -0.2) is 62.6 Å². The summed E-state index contributed by atoms with van der Waals surface area (Å²) in [5.74, 6) is 1.78. The second kappa shape index (κ2) is 12.0. The third-order valence-corrected chi connectivity index (χ3v) is 8.18. The van der Waals surface area contributed by atoms with Crippen molar-refractivity contribution in [2.45, 2.75) is 13.1 Å². The van der Waals surface area contributed by atoms with Gasteiger partial charge in [-0.25, -0.2) is 9.50 Å². The number of benzene rings is 2. The third-order valence-electron chi connectivity index (χ3n) is 8.18. The molecule has 0 unspecified atom stereocenters. The Balaban J connectivity index is 1.05. The van der Waals surface area contributed by atoms with Crippen LogP contribution < -0.4 is 9.64 Å². The smallest absolute Gasteiger partial charge is 0.128 e. The van der Waals surface area contributed by atoms with Crippen molar-refractivity contribution in [2.24, 2.45) is 0 Å². The van der Waals surface area contributed by atoms with Crippen LogP contribution in [0.15, 0.2) is 104 Å². The zero-order valence-electron chi connectivity index (χ0n) is 24.5. The molecule has 0 amide bonds. The van der Waals surface area contributed by atoms with Gasteiger partial charge in [0, 0.05) is 68.0 Å². The van der Waals surface area contributed by atoms with E-state index in [0.717, 1.165) is 72.1 Å². The van der Waals surface area contributed by atoms with E-state index < -0.39 is 0 Å². The monoisotopic (exact) mass is 580 g/mol. The van der Waals surface area contributed by atoms with Gasteiger partial charge in [0.25, 0.3) is 0 Å². The van der Waals surface area contributed by atoms with E-state index in [4.69, 9.17) is 14.8 Å². The first-order valence-corrected chi connectivity index (χ1v) is 14.7. The second-order valence-electron chi connectivity index (χ2n) is 11.0. The topological polar surface area (TPSA) is 87.5 Å². The van der Waals surface area contributed by atoms with Crippen molar-refractivity contribution in [1.82, 2.24) is 29.3 Å². The highest BCUT2D eigenvalue weighted by Gasteiger charge is 2.20. The van der Waals surface area contributed by atoms with Crippen LogP contribution >= 0.6 is 0 Å². The van der Waals surface area contributed by atoms with Crippen molar-refractivity contribution in [3.05, 3.63) is 120 Å². The van der Waals surface area contributed by atoms with E-state index in [-0.39, 0.29) is 0 Å². The van der Waals surface area contributed by atoms with E-state index in [1.165, 1.54) is 5.56 Å². The van der Waals surface area contributed by atoms with Crippen LogP contribution in [0.3, 0.4) is 0 Å². The molecule has 9 nitrogen and oxygen atoms in total. The van der Waals surface area contributed by atoms with Gasteiger partial charge in [-0.1, -0.05) is 48.5 Å². The summed E-state index contributed by atoms with van der Waals surface area (Å²) >= 11 is 0. The van der Waals surface area contributed by atoms with Crippen LogP contribution in [0.1, 0.15) is 16.7 Å². The summed E-state index contributed by atoms with van der Waals surface area (Å²) in [5, 5.41) is 19.4. The standard InChI is InChI=1S/C35H32N8O/c1-44-31-11-7-27(8-12-31)23-42-24-30(21-38-42)29-9-13-33-32(19-36)35(39-43(33)25-29)28-10-14-34(37-20-28)41-17-15-40(16-18-41)22-26-5-3-2-4-6-26/h2-14,20-21,24-25H,15-18,22-23H2,1H3. The van der Waals surface area contributed by atoms with Gasteiger partial charge in [-0.2, -0.15) is 15.5 Å². The molecule has 0 spiro atoms. The number of nitrogens with zero attached hydrogens (tertiary/aromatic N) is 8. The van der Waals surface area contributed by atoms with E-state index in [0.29, 0.717) is 17.8 Å². The number of nitriles is 1. The molecule has 4 aromatic heterocycles. The largest absolute Gasteiger partial charge is 0.497 e. The quantitative estimate of drug-likeness (QED) is 0.235. The Bertz CT molecular complexity index is 1910. The molecule has 0 N–H and O–H groups in total. The lowest BCUT2D eigenvalue weighted by Gasteiger charge is -2.35. The van der Waals surface area contributed by atoms with Crippen molar-refractivity contribution in [1.29, 1.82) is 5.26 Å². The number of hydrogen-bond acceptors (Lipinski definition) is 7. The first kappa shape index (κ1) is 27.4. The fourth-order valence-electron chi connectivity index (χ4n) is 5.74. The minimum absolute atomic E-state index is 0.538. The van der Waals surface area contributed by atoms with E-state index in [1.807, 2.05) is 78.0 Å². The first-order chi connectivity index (χ1) is 21.7. The molecule has 1 aliphatic rings. The summed E-state index contributed by atoms with van der Waals surface area (Å²) < 4.78 is 8.95. The van der Waals surface area contributed by atoms with Crippen LogP contribution in [0.4, 0.5) is 5.82 Å². The summed E-state index contributed by atoms with van der Waals surface area (Å²) in [6.07, 6.45) is 7.65. The van der Waals surface area contributed by atoms with Crippen molar-refractivity contribution in [2.75, 3.05) is 38.2 Å². The van der Waals surface area contributed by atoms with Gasteiger partial charge in [-0.3, -0.25) is 9.58 Å². The lowest BCUT2D eigenvalue weighted by molar-refractivity contribution is 0.249. The van der Waals surface area contributed by atoms with E-state index in [2.05, 4.69) is 51.3 Å². The minimum Gasteiger partial charge on any atom is -0.497 e. The Kier molecular flexibility index (Phi) is 7.49. The fourth-order valence-corrected chi connectivity index (χ4v) is 5.74. The number of anilines is 1. The van der Waals surface area contributed by atoms with Crippen molar-refractivity contribution < 1.29 is 4.74 Å². The highest BCUT2D eigenvalue weighted by atomic mass is 16.5. The molecule has 5 heterocycles. The van der Waals surface area contributed by atoms with Gasteiger partial charge in [0.2, 0.25) is 0 Å². The predicted molar refractivity (Wildman–Crippen MR) is 170 cm³/mol. The molecular formula is C35H32N8O. The molecule has 0 atom stereocenters. The van der Waals surface area contributed by atoms with E-state index in [1.54, 1.807) is 11.6 Å². The normalized spacial score (nSPS) is 13.7. The SMILES string of the molecule is COc1ccc(Cn2cc(-c3ccc4c(C#N)c(-c5ccc(N6CCN(Cc7ccccc7)CC6)nc5)nn4c3)cn2)cc1. The Morgan fingerprint density at radius 2 is 1.55 bits per heavy atom. The molecule has 44 heavy (non-hydrogen) atoms. The number of piperazine rings is 1. The number of methoxy groups -OCH3 is 1. The van der Waals surface area contributed by atoms with Gasteiger partial charge in [0.05, 0.1) is 25.4 Å². The maximum atomic E-state index is 10.1. The average molecular weight is 581 g/mol. The Hall–Kier alpha value is -5.46. The molecule has 0 saturated carbocycles. The molecule has 9 heteroatoms. The highest BCUT2D eigenvalue weighted by molar-refractivity contribution is 5.78. The molecular weight excluding hydrogens is 548 g/mol. The van der Waals surface area contributed by atoms with Crippen LogP contribution in [0.5, 0.6) is 5.75 Å². The van der Waals surface area contributed by atoms with Crippen molar-refractivity contribution in [3.8, 4) is 34.2 Å². The molecule has 218 valence electrons. The molecule has 7 rings (SSSR count). The van der Waals surface area contributed by atoms with E-state index >= 15 is 0 Å². The molecule has 2 aromatic carbocycles. The van der Waals surface area contributed by atoms with Crippen LogP contribution in [0, 0.1) is 11.3 Å². The zero-order chi connectivity index (χ0) is 29.9. The maximum Gasteiger partial charge on any atom is 0.128 e. The van der Waals surface area contributed by atoms with E-state index in [9.17, 15) is 5.26 Å². The van der Waals surface area contributed by atoms with Crippen LogP contribution in [0.25, 0.3) is 27.9 Å². The van der Waals surface area contributed by atoms with Gasteiger partial charge in [-0.05, 0) is 41.5 Å². The second-order valence-corrected chi connectivity index (χ2v) is 11.0. The Labute approximate surface area is 256 Å². The third kappa shape index (κ3) is 5.63. The molecule has 0 bridgehead atoms. The lowest BCUT2D eigenvalue weighted by atomic mass is 10.1. The number of rotatable bonds is 8. The number of aromatic nitrogens is 5. The van der Waals surface area contributed by atoms with Crippen LogP contribution in [0.2, 0.25) is 0 Å². The van der Waals surface area contributed by atoms with Crippen molar-refractivity contribution >= 4 is 11.3 Å². The minimum atomic E-state index is 0.538. The summed E-state index contributed by atoms with van der Waals surface area (Å²) in [6.45, 7) is 5.47. The lowest BCUT2D eigenvalue weighted by Crippen LogP contribution is -2.46. The number of fused-ring (bicyclic) bond motifs is 1. The fraction of sp³-hybridized carbons (Fsp3) is 0.200. The summed E-state index contributed by atoms with van der Waals surface area (Å²) in [6, 6.07) is 29.0. The van der Waals surface area contributed by atoms with Crippen molar-refractivity contribution in [3.63, 3.8) is 0 Å². The summed E-state index contributed by atoms with van der Waals surface area (Å²) in [5.41, 5.74) is 7.18. The Morgan fingerprint density at radius 3 is 2.27 bits per heavy atom. The van der Waals surface area contributed by atoms with Gasteiger partial charge >= 0.3 is 0 Å².